The minimum Gasteiger partial charge on any atom is -0.316 e. The van der Waals surface area contributed by atoms with Gasteiger partial charge in [-0.05, 0) is 38.3 Å². The number of aryl methyl sites for hydroxylation is 1. The zero-order valence-corrected chi connectivity index (χ0v) is 10.8. The molecular weight excluding hydrogens is 238 g/mol. The van der Waals surface area contributed by atoms with Crippen LogP contribution in [0.2, 0.25) is 5.02 Å². The second-order valence-corrected chi connectivity index (χ2v) is 5.05. The first-order valence-electron chi connectivity index (χ1n) is 6.10. The molecule has 2 rings (SSSR count). The van der Waals surface area contributed by atoms with Crippen LogP contribution in [0.5, 0.6) is 0 Å². The van der Waals surface area contributed by atoms with Crippen LogP contribution in [0.15, 0.2) is 6.20 Å². The molecule has 1 atom stereocenters. The smallest absolute Gasteiger partial charge is 0.182 e. The second-order valence-electron chi connectivity index (χ2n) is 4.64. The maximum absolute atomic E-state index is 12.0. The predicted octanol–water partition coefficient (Wildman–Crippen LogP) is 2.04. The second kappa shape index (κ2) is 5.65. The fourth-order valence-electron chi connectivity index (χ4n) is 2.35. The van der Waals surface area contributed by atoms with Crippen molar-refractivity contribution in [2.24, 2.45) is 13.0 Å². The van der Waals surface area contributed by atoms with Gasteiger partial charge in [0.05, 0.1) is 11.2 Å². The molecule has 0 aliphatic carbocycles. The van der Waals surface area contributed by atoms with Gasteiger partial charge in [-0.25, -0.2) is 0 Å². The molecule has 4 nitrogen and oxygen atoms in total. The third-order valence-corrected chi connectivity index (χ3v) is 3.61. The quantitative estimate of drug-likeness (QED) is 0.838. The Morgan fingerprint density at radius 3 is 3.12 bits per heavy atom. The Morgan fingerprint density at radius 1 is 1.71 bits per heavy atom. The molecule has 1 aromatic rings. The fourth-order valence-corrected chi connectivity index (χ4v) is 2.62. The summed E-state index contributed by atoms with van der Waals surface area (Å²) in [5.41, 5.74) is 0.537. The van der Waals surface area contributed by atoms with Crippen LogP contribution in [0.1, 0.15) is 36.2 Å². The largest absolute Gasteiger partial charge is 0.316 e. The maximum Gasteiger partial charge on any atom is 0.182 e. The summed E-state index contributed by atoms with van der Waals surface area (Å²) in [6.07, 6.45) is 5.46. The van der Waals surface area contributed by atoms with E-state index in [0.717, 1.165) is 19.5 Å². The third kappa shape index (κ3) is 3.07. The summed E-state index contributed by atoms with van der Waals surface area (Å²) >= 11 is 5.94. The monoisotopic (exact) mass is 255 g/mol. The molecule has 2 heterocycles. The van der Waals surface area contributed by atoms with Crippen LogP contribution in [-0.4, -0.2) is 28.7 Å². The zero-order chi connectivity index (χ0) is 12.3. The van der Waals surface area contributed by atoms with Gasteiger partial charge in [-0.3, -0.25) is 9.48 Å². The van der Waals surface area contributed by atoms with Gasteiger partial charge in [-0.2, -0.15) is 5.10 Å². The number of hydrogen-bond donors (Lipinski definition) is 1. The standard InChI is InChI=1S/C12H18ClN3O/c1-16-12(10(13)8-15-16)11(17)5-4-9-3-2-6-14-7-9/h8-9,14H,2-7H2,1H3. The van der Waals surface area contributed by atoms with E-state index in [-0.39, 0.29) is 5.78 Å². The van der Waals surface area contributed by atoms with Crippen LogP contribution in [0, 0.1) is 5.92 Å². The number of nitrogens with zero attached hydrogens (tertiary/aromatic N) is 2. The highest BCUT2D eigenvalue weighted by Crippen LogP contribution is 2.20. The van der Waals surface area contributed by atoms with Gasteiger partial charge in [0.25, 0.3) is 0 Å². The number of ketones is 1. The number of carbonyl (C=O) groups is 1. The molecule has 94 valence electrons. The summed E-state index contributed by atoms with van der Waals surface area (Å²) in [6, 6.07) is 0. The highest BCUT2D eigenvalue weighted by Gasteiger charge is 2.18. The number of hydrogen-bond acceptors (Lipinski definition) is 3. The van der Waals surface area contributed by atoms with Crippen LogP contribution in [0.3, 0.4) is 0 Å². The highest BCUT2D eigenvalue weighted by atomic mass is 35.5. The Balaban J connectivity index is 1.89. The first-order chi connectivity index (χ1) is 8.18. The number of piperidine rings is 1. The molecule has 0 radical (unpaired) electrons. The van der Waals surface area contributed by atoms with Crippen molar-refractivity contribution in [2.45, 2.75) is 25.7 Å². The van der Waals surface area contributed by atoms with Crippen LogP contribution in [0.4, 0.5) is 0 Å². The van der Waals surface area contributed by atoms with Gasteiger partial charge in [0.15, 0.2) is 5.78 Å². The topological polar surface area (TPSA) is 46.9 Å². The summed E-state index contributed by atoms with van der Waals surface area (Å²) in [7, 11) is 1.75. The van der Waals surface area contributed by atoms with E-state index in [2.05, 4.69) is 10.4 Å². The van der Waals surface area contributed by atoms with E-state index in [1.165, 1.54) is 19.0 Å². The lowest BCUT2D eigenvalue weighted by molar-refractivity contribution is 0.0962. The lowest BCUT2D eigenvalue weighted by atomic mass is 9.93. The maximum atomic E-state index is 12.0. The Labute approximate surface area is 106 Å². The van der Waals surface area contributed by atoms with Gasteiger partial charge in [-0.15, -0.1) is 0 Å². The molecule has 0 bridgehead atoms. The summed E-state index contributed by atoms with van der Waals surface area (Å²) < 4.78 is 1.56. The normalized spacial score (nSPS) is 20.5. The van der Waals surface area contributed by atoms with Gasteiger partial charge in [0.1, 0.15) is 5.69 Å². The van der Waals surface area contributed by atoms with Gasteiger partial charge in [0.2, 0.25) is 0 Å². The minimum atomic E-state index is 0.0978. The first kappa shape index (κ1) is 12.6. The van der Waals surface area contributed by atoms with Crippen LogP contribution >= 0.6 is 11.6 Å². The van der Waals surface area contributed by atoms with Crippen molar-refractivity contribution in [1.82, 2.24) is 15.1 Å². The van der Waals surface area contributed by atoms with E-state index >= 15 is 0 Å². The van der Waals surface area contributed by atoms with Crippen molar-refractivity contribution >= 4 is 17.4 Å². The summed E-state index contributed by atoms with van der Waals surface area (Å²) in [5.74, 6) is 0.722. The van der Waals surface area contributed by atoms with Gasteiger partial charge in [0, 0.05) is 13.5 Å². The van der Waals surface area contributed by atoms with Gasteiger partial charge >= 0.3 is 0 Å². The molecule has 0 spiro atoms. The third-order valence-electron chi connectivity index (χ3n) is 3.34. The predicted molar refractivity (Wildman–Crippen MR) is 67.4 cm³/mol. The van der Waals surface area contributed by atoms with Crippen molar-refractivity contribution in [1.29, 1.82) is 0 Å². The number of Topliss-reactive ketones (excluding diaryl/α,β-unsaturated/α-hetero) is 1. The van der Waals surface area contributed by atoms with Gasteiger partial charge < -0.3 is 5.32 Å². The molecule has 1 saturated heterocycles. The lowest BCUT2D eigenvalue weighted by Gasteiger charge is -2.22. The Hall–Kier alpha value is -0.870. The minimum absolute atomic E-state index is 0.0978. The van der Waals surface area contributed by atoms with Crippen molar-refractivity contribution in [3.05, 3.63) is 16.9 Å². The lowest BCUT2D eigenvalue weighted by Crippen LogP contribution is -2.30. The SMILES string of the molecule is Cn1ncc(Cl)c1C(=O)CCC1CCCNC1. The van der Waals surface area contributed by atoms with Crippen LogP contribution < -0.4 is 5.32 Å². The Morgan fingerprint density at radius 2 is 2.53 bits per heavy atom. The Bertz CT molecular complexity index is 377. The molecule has 5 heteroatoms. The fraction of sp³-hybridized carbons (Fsp3) is 0.667. The summed E-state index contributed by atoms with van der Waals surface area (Å²) in [6.45, 7) is 2.14. The number of nitrogens with one attached hydrogen (secondary N) is 1. The van der Waals surface area contributed by atoms with Crippen LogP contribution in [0.25, 0.3) is 0 Å². The molecule has 1 unspecified atom stereocenters. The molecule has 1 aliphatic heterocycles. The summed E-state index contributed by atoms with van der Waals surface area (Å²) in [5, 5.41) is 7.80. The average molecular weight is 256 g/mol. The van der Waals surface area contributed by atoms with E-state index in [4.69, 9.17) is 11.6 Å². The van der Waals surface area contributed by atoms with Crippen molar-refractivity contribution < 1.29 is 4.79 Å². The molecule has 1 N–H and O–H groups in total. The van der Waals surface area contributed by atoms with E-state index < -0.39 is 0 Å². The molecule has 1 fully saturated rings. The Kier molecular flexibility index (Phi) is 4.18. The molecule has 17 heavy (non-hydrogen) atoms. The summed E-state index contributed by atoms with van der Waals surface area (Å²) in [4.78, 5) is 12.0. The van der Waals surface area contributed by atoms with Crippen LogP contribution in [-0.2, 0) is 7.05 Å². The van der Waals surface area contributed by atoms with E-state index in [9.17, 15) is 4.79 Å². The number of aromatic nitrogens is 2. The molecule has 1 aromatic heterocycles. The first-order valence-corrected chi connectivity index (χ1v) is 6.47. The number of halogens is 1. The average Bonchev–Trinajstić information content (AvgIpc) is 2.67. The van der Waals surface area contributed by atoms with Gasteiger partial charge in [-0.1, -0.05) is 11.6 Å². The van der Waals surface area contributed by atoms with Crippen molar-refractivity contribution in [2.75, 3.05) is 13.1 Å². The molecule has 0 saturated carbocycles. The molecular formula is C12H18ClN3O. The number of carbonyl (C=O) groups excluding carboxylic acids is 1. The molecule has 0 amide bonds. The highest BCUT2D eigenvalue weighted by molar-refractivity contribution is 6.33. The van der Waals surface area contributed by atoms with Crippen molar-refractivity contribution in [3.8, 4) is 0 Å². The molecule has 1 aliphatic rings. The number of rotatable bonds is 4. The zero-order valence-electron chi connectivity index (χ0n) is 10.1. The molecule has 0 aromatic carbocycles. The van der Waals surface area contributed by atoms with E-state index in [0.29, 0.717) is 23.1 Å². The van der Waals surface area contributed by atoms with E-state index in [1.807, 2.05) is 0 Å². The van der Waals surface area contributed by atoms with Crippen molar-refractivity contribution in [3.63, 3.8) is 0 Å². The van der Waals surface area contributed by atoms with E-state index in [1.54, 1.807) is 11.7 Å².